The second-order valence-corrected chi connectivity index (χ2v) is 9.02. The van der Waals surface area contributed by atoms with Gasteiger partial charge in [0.05, 0.1) is 7.11 Å². The standard InChI is InChI=1S/C29H27ClN2O3/c1-34-28-12-10-23(17-24(28)20-35-27-11-9-21-5-2-3-6-22(21)18-27)29(33)32-15-13-31(14-16-32)26-8-4-7-25(30)19-26/h2-12,17-19H,13-16,20H2,1H3. The molecular formula is C29H27ClN2O3. The zero-order valence-electron chi connectivity index (χ0n) is 19.6. The van der Waals surface area contributed by atoms with Crippen LogP contribution in [0.5, 0.6) is 11.5 Å². The lowest BCUT2D eigenvalue weighted by Crippen LogP contribution is -2.48. The van der Waals surface area contributed by atoms with Gasteiger partial charge in [0.2, 0.25) is 0 Å². The van der Waals surface area contributed by atoms with E-state index < -0.39 is 0 Å². The molecule has 178 valence electrons. The number of rotatable bonds is 6. The van der Waals surface area contributed by atoms with Gasteiger partial charge in [-0.3, -0.25) is 4.79 Å². The first-order valence-electron chi connectivity index (χ1n) is 11.7. The second-order valence-electron chi connectivity index (χ2n) is 8.58. The van der Waals surface area contributed by atoms with Gasteiger partial charge in [0.1, 0.15) is 18.1 Å². The van der Waals surface area contributed by atoms with Crippen LogP contribution in [0.4, 0.5) is 5.69 Å². The maximum Gasteiger partial charge on any atom is 0.253 e. The van der Waals surface area contributed by atoms with Gasteiger partial charge in [-0.25, -0.2) is 0 Å². The summed E-state index contributed by atoms with van der Waals surface area (Å²) in [6, 6.07) is 27.6. The van der Waals surface area contributed by atoms with Gasteiger partial charge < -0.3 is 19.3 Å². The zero-order valence-corrected chi connectivity index (χ0v) is 20.4. The fourth-order valence-corrected chi connectivity index (χ4v) is 4.65. The fourth-order valence-electron chi connectivity index (χ4n) is 4.47. The number of halogens is 1. The predicted octanol–water partition coefficient (Wildman–Crippen LogP) is 6.04. The van der Waals surface area contributed by atoms with Crippen molar-refractivity contribution < 1.29 is 14.3 Å². The van der Waals surface area contributed by atoms with Crippen LogP contribution in [0, 0.1) is 0 Å². The van der Waals surface area contributed by atoms with Crippen molar-refractivity contribution in [1.82, 2.24) is 4.90 Å². The number of methoxy groups -OCH3 is 1. The van der Waals surface area contributed by atoms with Crippen molar-refractivity contribution >= 4 is 34.0 Å². The average molecular weight is 487 g/mol. The second kappa shape index (κ2) is 10.3. The third-order valence-electron chi connectivity index (χ3n) is 6.38. The van der Waals surface area contributed by atoms with Crippen molar-refractivity contribution in [3.63, 3.8) is 0 Å². The zero-order chi connectivity index (χ0) is 24.2. The van der Waals surface area contributed by atoms with E-state index in [1.54, 1.807) is 7.11 Å². The number of ether oxygens (including phenoxy) is 2. The summed E-state index contributed by atoms with van der Waals surface area (Å²) in [5.74, 6) is 1.50. The molecule has 1 aliphatic rings. The highest BCUT2D eigenvalue weighted by atomic mass is 35.5. The predicted molar refractivity (Wildman–Crippen MR) is 141 cm³/mol. The number of nitrogens with zero attached hydrogens (tertiary/aromatic N) is 2. The first-order chi connectivity index (χ1) is 17.1. The quantitative estimate of drug-likeness (QED) is 0.333. The van der Waals surface area contributed by atoms with Crippen LogP contribution in [0.3, 0.4) is 0 Å². The van der Waals surface area contributed by atoms with Crippen LogP contribution in [0.2, 0.25) is 5.02 Å². The van der Waals surface area contributed by atoms with Gasteiger partial charge >= 0.3 is 0 Å². The molecule has 35 heavy (non-hydrogen) atoms. The van der Waals surface area contributed by atoms with Crippen LogP contribution in [-0.4, -0.2) is 44.1 Å². The minimum Gasteiger partial charge on any atom is -0.496 e. The fraction of sp³-hybridized carbons (Fsp3) is 0.207. The van der Waals surface area contributed by atoms with E-state index in [9.17, 15) is 4.79 Å². The van der Waals surface area contributed by atoms with E-state index in [0.29, 0.717) is 31.0 Å². The van der Waals surface area contributed by atoms with Gasteiger partial charge in [0.15, 0.2) is 0 Å². The SMILES string of the molecule is COc1ccc(C(=O)N2CCN(c3cccc(Cl)c3)CC2)cc1COc1ccc2ccccc2c1. The molecular weight excluding hydrogens is 460 g/mol. The van der Waals surface area contributed by atoms with E-state index >= 15 is 0 Å². The summed E-state index contributed by atoms with van der Waals surface area (Å²) < 4.78 is 11.6. The molecule has 1 aliphatic heterocycles. The lowest BCUT2D eigenvalue weighted by Gasteiger charge is -2.36. The number of amides is 1. The number of hydrogen-bond acceptors (Lipinski definition) is 4. The maximum absolute atomic E-state index is 13.3. The molecule has 1 fully saturated rings. The minimum absolute atomic E-state index is 0.0188. The summed E-state index contributed by atoms with van der Waals surface area (Å²) in [4.78, 5) is 17.4. The molecule has 0 aromatic heterocycles. The third kappa shape index (κ3) is 5.20. The summed E-state index contributed by atoms with van der Waals surface area (Å²) in [6.07, 6.45) is 0. The molecule has 5 nitrogen and oxygen atoms in total. The van der Waals surface area contributed by atoms with Crippen molar-refractivity contribution in [2.75, 3.05) is 38.2 Å². The number of anilines is 1. The van der Waals surface area contributed by atoms with Gasteiger partial charge in [-0.05, 0) is 59.3 Å². The Morgan fingerprint density at radius 3 is 2.43 bits per heavy atom. The molecule has 4 aromatic rings. The molecule has 5 rings (SSSR count). The topological polar surface area (TPSA) is 42.0 Å². The first-order valence-corrected chi connectivity index (χ1v) is 12.1. The molecule has 0 atom stereocenters. The van der Waals surface area contributed by atoms with Gasteiger partial charge in [-0.15, -0.1) is 0 Å². The Kier molecular flexibility index (Phi) is 6.77. The summed E-state index contributed by atoms with van der Waals surface area (Å²) in [5.41, 5.74) is 2.56. The van der Waals surface area contributed by atoms with Gasteiger partial charge in [0, 0.05) is 48.0 Å². The Labute approximate surface area is 210 Å². The molecule has 6 heteroatoms. The first kappa shape index (κ1) is 23.1. The van der Waals surface area contributed by atoms with Crippen molar-refractivity contribution in [3.05, 3.63) is 101 Å². The molecule has 0 unspecified atom stereocenters. The van der Waals surface area contributed by atoms with Crippen molar-refractivity contribution in [1.29, 1.82) is 0 Å². The van der Waals surface area contributed by atoms with Crippen LogP contribution >= 0.6 is 11.6 Å². The Hall–Kier alpha value is -3.70. The van der Waals surface area contributed by atoms with Crippen LogP contribution in [0.15, 0.2) is 84.9 Å². The number of fused-ring (bicyclic) bond motifs is 1. The molecule has 1 heterocycles. The number of benzene rings is 4. The van der Waals surface area contributed by atoms with E-state index in [1.807, 2.05) is 71.6 Å². The maximum atomic E-state index is 13.3. The highest BCUT2D eigenvalue weighted by molar-refractivity contribution is 6.30. The molecule has 0 bridgehead atoms. The number of hydrogen-bond donors (Lipinski definition) is 0. The van der Waals surface area contributed by atoms with Gasteiger partial charge in [-0.1, -0.05) is 48.0 Å². The summed E-state index contributed by atoms with van der Waals surface area (Å²) >= 11 is 6.14. The highest BCUT2D eigenvalue weighted by Crippen LogP contribution is 2.26. The highest BCUT2D eigenvalue weighted by Gasteiger charge is 2.23. The molecule has 0 N–H and O–H groups in total. The smallest absolute Gasteiger partial charge is 0.253 e. The molecule has 0 spiro atoms. The molecule has 0 saturated carbocycles. The lowest BCUT2D eigenvalue weighted by atomic mass is 10.1. The van der Waals surface area contributed by atoms with E-state index in [1.165, 1.54) is 5.39 Å². The van der Waals surface area contributed by atoms with Crippen molar-refractivity contribution in [2.24, 2.45) is 0 Å². The molecule has 1 saturated heterocycles. The van der Waals surface area contributed by atoms with Crippen LogP contribution in [-0.2, 0) is 6.61 Å². The number of carbonyl (C=O) groups excluding carboxylic acids is 1. The van der Waals surface area contributed by atoms with Crippen LogP contribution in [0.25, 0.3) is 10.8 Å². The van der Waals surface area contributed by atoms with E-state index in [4.69, 9.17) is 21.1 Å². The van der Waals surface area contributed by atoms with Crippen molar-refractivity contribution in [3.8, 4) is 11.5 Å². The number of piperazine rings is 1. The number of carbonyl (C=O) groups is 1. The Bertz CT molecular complexity index is 1350. The largest absolute Gasteiger partial charge is 0.496 e. The lowest BCUT2D eigenvalue weighted by molar-refractivity contribution is 0.0746. The molecule has 0 aliphatic carbocycles. The Morgan fingerprint density at radius 1 is 0.857 bits per heavy atom. The monoisotopic (exact) mass is 486 g/mol. The van der Waals surface area contributed by atoms with E-state index in [2.05, 4.69) is 23.1 Å². The van der Waals surface area contributed by atoms with Crippen molar-refractivity contribution in [2.45, 2.75) is 6.61 Å². The van der Waals surface area contributed by atoms with Gasteiger partial charge in [-0.2, -0.15) is 0 Å². The molecule has 1 amide bonds. The Balaban J connectivity index is 1.26. The molecule has 4 aromatic carbocycles. The average Bonchev–Trinajstić information content (AvgIpc) is 2.91. The van der Waals surface area contributed by atoms with E-state index in [0.717, 1.165) is 40.5 Å². The van der Waals surface area contributed by atoms with E-state index in [-0.39, 0.29) is 5.91 Å². The van der Waals surface area contributed by atoms with Crippen LogP contribution in [0.1, 0.15) is 15.9 Å². The minimum atomic E-state index is 0.0188. The third-order valence-corrected chi connectivity index (χ3v) is 6.62. The summed E-state index contributed by atoms with van der Waals surface area (Å²) in [6.45, 7) is 3.14. The normalized spacial score (nSPS) is 13.7. The Morgan fingerprint density at radius 2 is 1.66 bits per heavy atom. The summed E-state index contributed by atoms with van der Waals surface area (Å²) in [7, 11) is 1.63. The summed E-state index contributed by atoms with van der Waals surface area (Å²) in [5, 5.41) is 3.01. The molecule has 0 radical (unpaired) electrons. The van der Waals surface area contributed by atoms with Crippen LogP contribution < -0.4 is 14.4 Å². The van der Waals surface area contributed by atoms with Gasteiger partial charge in [0.25, 0.3) is 5.91 Å².